The number of halogens is 2. The summed E-state index contributed by atoms with van der Waals surface area (Å²) in [5, 5.41) is 2.55. The second-order valence-electron chi connectivity index (χ2n) is 4.07. The molecule has 3 nitrogen and oxygen atoms in total. The van der Waals surface area contributed by atoms with Crippen LogP contribution in [-0.2, 0) is 0 Å². The standard InChI is InChI=1S/C14H12F2N2O/c1-9(10-4-2-3-5-12(10)15)18-14(19)11-6-7-17-8-13(11)16/h2-9H,1H3,(H,18,19). The van der Waals surface area contributed by atoms with Crippen molar-refractivity contribution in [3.8, 4) is 0 Å². The molecule has 2 rings (SSSR count). The Hall–Kier alpha value is -2.30. The minimum atomic E-state index is -0.708. The number of nitrogens with one attached hydrogen (secondary N) is 1. The van der Waals surface area contributed by atoms with Gasteiger partial charge in [-0.25, -0.2) is 8.78 Å². The SMILES string of the molecule is CC(NC(=O)c1ccncc1F)c1ccccc1F. The van der Waals surface area contributed by atoms with Crippen LogP contribution in [0.4, 0.5) is 8.78 Å². The lowest BCUT2D eigenvalue weighted by molar-refractivity contribution is 0.0935. The Kier molecular flexibility index (Phi) is 3.85. The highest BCUT2D eigenvalue weighted by atomic mass is 19.1. The van der Waals surface area contributed by atoms with Gasteiger partial charge in [0, 0.05) is 11.8 Å². The summed E-state index contributed by atoms with van der Waals surface area (Å²) in [7, 11) is 0. The third-order valence-corrected chi connectivity index (χ3v) is 2.74. The van der Waals surface area contributed by atoms with Crippen LogP contribution >= 0.6 is 0 Å². The molecule has 1 aromatic heterocycles. The number of benzene rings is 1. The van der Waals surface area contributed by atoms with E-state index in [0.29, 0.717) is 5.56 Å². The van der Waals surface area contributed by atoms with Crippen LogP contribution in [0.2, 0.25) is 0 Å². The zero-order valence-electron chi connectivity index (χ0n) is 10.2. The first-order valence-corrected chi connectivity index (χ1v) is 5.74. The van der Waals surface area contributed by atoms with Crippen LogP contribution in [0.3, 0.4) is 0 Å². The van der Waals surface area contributed by atoms with E-state index >= 15 is 0 Å². The highest BCUT2D eigenvalue weighted by molar-refractivity contribution is 5.94. The topological polar surface area (TPSA) is 42.0 Å². The molecule has 0 saturated carbocycles. The Balaban J connectivity index is 2.16. The van der Waals surface area contributed by atoms with Crippen LogP contribution in [0.1, 0.15) is 28.9 Å². The van der Waals surface area contributed by atoms with Crippen molar-refractivity contribution in [2.75, 3.05) is 0 Å². The summed E-state index contributed by atoms with van der Waals surface area (Å²) in [6.07, 6.45) is 2.29. The van der Waals surface area contributed by atoms with Crippen molar-refractivity contribution >= 4 is 5.91 Å². The maximum absolute atomic E-state index is 13.5. The Morgan fingerprint density at radius 1 is 1.21 bits per heavy atom. The maximum Gasteiger partial charge on any atom is 0.254 e. The molecule has 0 spiro atoms. The third kappa shape index (κ3) is 2.93. The molecule has 5 heteroatoms. The molecule has 0 radical (unpaired) electrons. The van der Waals surface area contributed by atoms with Gasteiger partial charge in [-0.1, -0.05) is 18.2 Å². The number of amides is 1. The van der Waals surface area contributed by atoms with Gasteiger partial charge in [0.25, 0.3) is 5.91 Å². The molecule has 0 aliphatic rings. The number of aromatic nitrogens is 1. The highest BCUT2D eigenvalue weighted by Crippen LogP contribution is 2.17. The first-order valence-electron chi connectivity index (χ1n) is 5.74. The van der Waals surface area contributed by atoms with Crippen LogP contribution in [0.5, 0.6) is 0 Å². The van der Waals surface area contributed by atoms with Crippen molar-refractivity contribution in [1.29, 1.82) is 0 Å². The predicted octanol–water partition coefficient (Wildman–Crippen LogP) is 2.85. The van der Waals surface area contributed by atoms with Crippen molar-refractivity contribution in [2.45, 2.75) is 13.0 Å². The van der Waals surface area contributed by atoms with E-state index in [1.165, 1.54) is 18.3 Å². The minimum Gasteiger partial charge on any atom is -0.345 e. The van der Waals surface area contributed by atoms with Gasteiger partial charge in [0.2, 0.25) is 0 Å². The molecule has 98 valence electrons. The molecule has 0 aliphatic carbocycles. The van der Waals surface area contributed by atoms with Gasteiger partial charge in [0.05, 0.1) is 17.8 Å². The maximum atomic E-state index is 13.5. The van der Waals surface area contributed by atoms with E-state index in [1.807, 2.05) is 0 Å². The van der Waals surface area contributed by atoms with Crippen molar-refractivity contribution in [3.63, 3.8) is 0 Å². The number of carbonyl (C=O) groups is 1. The van der Waals surface area contributed by atoms with Gasteiger partial charge in [-0.3, -0.25) is 9.78 Å². The van der Waals surface area contributed by atoms with Gasteiger partial charge >= 0.3 is 0 Å². The lowest BCUT2D eigenvalue weighted by atomic mass is 10.1. The van der Waals surface area contributed by atoms with E-state index in [2.05, 4.69) is 10.3 Å². The summed E-state index contributed by atoms with van der Waals surface area (Å²) in [5.41, 5.74) is 0.239. The predicted molar refractivity (Wildman–Crippen MR) is 66.5 cm³/mol. The molecular weight excluding hydrogens is 250 g/mol. The average molecular weight is 262 g/mol. The quantitative estimate of drug-likeness (QED) is 0.924. The summed E-state index contributed by atoms with van der Waals surface area (Å²) < 4.78 is 26.9. The summed E-state index contributed by atoms with van der Waals surface area (Å²) in [5.74, 6) is -1.72. The summed E-state index contributed by atoms with van der Waals surface area (Å²) in [6.45, 7) is 1.63. The largest absolute Gasteiger partial charge is 0.345 e. The molecule has 1 atom stereocenters. The Bertz CT molecular complexity index is 602. The fraction of sp³-hybridized carbons (Fsp3) is 0.143. The fourth-order valence-electron chi connectivity index (χ4n) is 1.74. The fourth-order valence-corrected chi connectivity index (χ4v) is 1.74. The van der Waals surface area contributed by atoms with Crippen LogP contribution in [-0.4, -0.2) is 10.9 Å². The normalized spacial score (nSPS) is 11.9. The Morgan fingerprint density at radius 3 is 2.63 bits per heavy atom. The molecule has 1 heterocycles. The monoisotopic (exact) mass is 262 g/mol. The van der Waals surface area contributed by atoms with E-state index < -0.39 is 23.6 Å². The molecule has 2 aromatic rings. The highest BCUT2D eigenvalue weighted by Gasteiger charge is 2.16. The average Bonchev–Trinajstić information content (AvgIpc) is 2.39. The van der Waals surface area contributed by atoms with Crippen LogP contribution in [0.25, 0.3) is 0 Å². The Labute approximate surface area is 109 Å². The molecule has 1 amide bonds. The lowest BCUT2D eigenvalue weighted by Crippen LogP contribution is -2.28. The summed E-state index contributed by atoms with van der Waals surface area (Å²) in [4.78, 5) is 15.4. The molecule has 1 unspecified atom stereocenters. The molecule has 19 heavy (non-hydrogen) atoms. The van der Waals surface area contributed by atoms with E-state index in [0.717, 1.165) is 6.20 Å². The zero-order chi connectivity index (χ0) is 13.8. The number of carbonyl (C=O) groups excluding carboxylic acids is 1. The van der Waals surface area contributed by atoms with E-state index in [1.54, 1.807) is 25.1 Å². The van der Waals surface area contributed by atoms with Crippen molar-refractivity contribution in [3.05, 3.63) is 65.5 Å². The van der Waals surface area contributed by atoms with Crippen LogP contribution < -0.4 is 5.32 Å². The molecule has 0 fully saturated rings. The Morgan fingerprint density at radius 2 is 1.95 bits per heavy atom. The molecule has 1 aromatic carbocycles. The van der Waals surface area contributed by atoms with E-state index in [9.17, 15) is 13.6 Å². The van der Waals surface area contributed by atoms with Gasteiger partial charge < -0.3 is 5.32 Å². The van der Waals surface area contributed by atoms with Crippen LogP contribution in [0, 0.1) is 11.6 Å². The van der Waals surface area contributed by atoms with Crippen molar-refractivity contribution in [2.24, 2.45) is 0 Å². The van der Waals surface area contributed by atoms with Gasteiger partial charge in [-0.2, -0.15) is 0 Å². The molecular formula is C14H12F2N2O. The van der Waals surface area contributed by atoms with Gasteiger partial charge in [-0.15, -0.1) is 0 Å². The number of hydrogen-bond acceptors (Lipinski definition) is 2. The minimum absolute atomic E-state index is 0.113. The zero-order valence-corrected chi connectivity index (χ0v) is 10.2. The summed E-state index contributed by atoms with van der Waals surface area (Å²) in [6, 6.07) is 6.85. The first-order chi connectivity index (χ1) is 9.09. The smallest absolute Gasteiger partial charge is 0.254 e. The van der Waals surface area contributed by atoms with E-state index in [4.69, 9.17) is 0 Å². The van der Waals surface area contributed by atoms with Gasteiger partial charge in [-0.05, 0) is 19.1 Å². The van der Waals surface area contributed by atoms with Crippen molar-refractivity contribution < 1.29 is 13.6 Å². The second-order valence-corrected chi connectivity index (χ2v) is 4.07. The second kappa shape index (κ2) is 5.56. The number of pyridine rings is 1. The molecule has 1 N–H and O–H groups in total. The number of rotatable bonds is 3. The lowest BCUT2D eigenvalue weighted by Gasteiger charge is -2.15. The molecule has 0 saturated heterocycles. The van der Waals surface area contributed by atoms with E-state index in [-0.39, 0.29) is 5.56 Å². The number of hydrogen-bond donors (Lipinski definition) is 1. The summed E-state index contributed by atoms with van der Waals surface area (Å²) >= 11 is 0. The number of nitrogens with zero attached hydrogens (tertiary/aromatic N) is 1. The van der Waals surface area contributed by atoms with Gasteiger partial charge in [0.1, 0.15) is 5.82 Å². The first kappa shape index (κ1) is 13.1. The van der Waals surface area contributed by atoms with Gasteiger partial charge in [0.15, 0.2) is 5.82 Å². The molecule has 0 aliphatic heterocycles. The van der Waals surface area contributed by atoms with Crippen LogP contribution in [0.15, 0.2) is 42.7 Å². The molecule has 0 bridgehead atoms. The van der Waals surface area contributed by atoms with Crippen molar-refractivity contribution in [1.82, 2.24) is 10.3 Å². The third-order valence-electron chi connectivity index (χ3n) is 2.74.